The van der Waals surface area contributed by atoms with Crippen molar-refractivity contribution in [3.8, 4) is 0 Å². The Kier molecular flexibility index (Phi) is 4.85. The summed E-state index contributed by atoms with van der Waals surface area (Å²) in [4.78, 5) is 12.2. The van der Waals surface area contributed by atoms with Crippen molar-refractivity contribution in [2.45, 2.75) is 116 Å². The number of hydrogen-bond donors (Lipinski definition) is 0. The van der Waals surface area contributed by atoms with Gasteiger partial charge in [-0.05, 0) is 112 Å². The SMILES string of the molecule is CC1=C2C[C@H]3[C@@H](CC[C@@H]4CC(=O)CC[C@@]43C)[C@@H]2CC[C@@]2(C1)O[C@@H]1C[C@H](C)CCC1[C@H]2C. The largest absolute Gasteiger partial charge is 0.371 e. The van der Waals surface area contributed by atoms with Crippen LogP contribution in [0.4, 0.5) is 0 Å². The molecule has 5 fully saturated rings. The molecule has 6 aliphatic rings. The average molecular weight is 425 g/mol. The molecule has 0 aromatic rings. The van der Waals surface area contributed by atoms with Gasteiger partial charge in [0.25, 0.3) is 0 Å². The number of carbonyl (C=O) groups is 1. The Labute approximate surface area is 190 Å². The van der Waals surface area contributed by atoms with Crippen LogP contribution in [-0.4, -0.2) is 17.5 Å². The number of Topliss-reactive ketones (excluding diaryl/α,β-unsaturated/α-hetero) is 1. The summed E-state index contributed by atoms with van der Waals surface area (Å²) in [6, 6.07) is 0. The minimum absolute atomic E-state index is 0.120. The van der Waals surface area contributed by atoms with Gasteiger partial charge in [-0.15, -0.1) is 0 Å². The van der Waals surface area contributed by atoms with Crippen molar-refractivity contribution in [2.75, 3.05) is 0 Å². The van der Waals surface area contributed by atoms with E-state index < -0.39 is 0 Å². The highest BCUT2D eigenvalue weighted by molar-refractivity contribution is 5.79. The summed E-state index contributed by atoms with van der Waals surface area (Å²) in [5, 5.41) is 0. The van der Waals surface area contributed by atoms with Gasteiger partial charge >= 0.3 is 0 Å². The Morgan fingerprint density at radius 3 is 2.61 bits per heavy atom. The van der Waals surface area contributed by atoms with E-state index in [9.17, 15) is 4.79 Å². The van der Waals surface area contributed by atoms with Gasteiger partial charge in [-0.3, -0.25) is 4.79 Å². The second-order valence-corrected chi connectivity index (χ2v) is 13.2. The molecule has 0 bridgehead atoms. The average Bonchev–Trinajstić information content (AvgIpc) is 3.19. The molecule has 0 N–H and O–H groups in total. The van der Waals surface area contributed by atoms with Crippen LogP contribution >= 0.6 is 0 Å². The third kappa shape index (κ3) is 3.02. The summed E-state index contributed by atoms with van der Waals surface area (Å²) in [5.41, 5.74) is 4.07. The van der Waals surface area contributed by atoms with Gasteiger partial charge in [0.15, 0.2) is 0 Å². The number of ketones is 1. The summed E-state index contributed by atoms with van der Waals surface area (Å²) in [5.74, 6) is 6.05. The van der Waals surface area contributed by atoms with Crippen molar-refractivity contribution in [3.63, 3.8) is 0 Å². The third-order valence-corrected chi connectivity index (χ3v) is 11.9. The number of carbonyl (C=O) groups excluding carboxylic acids is 1. The van der Waals surface area contributed by atoms with Crippen LogP contribution in [-0.2, 0) is 9.53 Å². The van der Waals surface area contributed by atoms with Crippen LogP contribution in [0.5, 0.6) is 0 Å². The minimum atomic E-state index is 0.120. The Balaban J connectivity index is 1.28. The first-order chi connectivity index (χ1) is 14.8. The van der Waals surface area contributed by atoms with E-state index in [0.29, 0.717) is 29.1 Å². The zero-order valence-electron chi connectivity index (χ0n) is 20.4. The molecular weight excluding hydrogens is 380 g/mol. The molecule has 1 heterocycles. The summed E-state index contributed by atoms with van der Waals surface area (Å²) >= 11 is 0. The van der Waals surface area contributed by atoms with Crippen molar-refractivity contribution in [1.82, 2.24) is 0 Å². The van der Waals surface area contributed by atoms with Gasteiger partial charge in [0.2, 0.25) is 0 Å². The van der Waals surface area contributed by atoms with Crippen molar-refractivity contribution >= 4 is 5.78 Å². The Morgan fingerprint density at radius 1 is 0.968 bits per heavy atom. The molecule has 2 nitrogen and oxygen atoms in total. The van der Waals surface area contributed by atoms with Crippen LogP contribution in [0.1, 0.15) is 105 Å². The van der Waals surface area contributed by atoms with E-state index in [1.165, 1.54) is 57.8 Å². The molecule has 0 aromatic carbocycles. The number of ether oxygens (including phenoxy) is 1. The van der Waals surface area contributed by atoms with Crippen molar-refractivity contribution in [3.05, 3.63) is 11.1 Å². The lowest BCUT2D eigenvalue weighted by Gasteiger charge is -2.52. The van der Waals surface area contributed by atoms with Crippen LogP contribution in [0.25, 0.3) is 0 Å². The summed E-state index contributed by atoms with van der Waals surface area (Å²) in [6.07, 6.45) is 15.3. The first-order valence-corrected chi connectivity index (χ1v) is 13.7. The molecule has 0 radical (unpaired) electrons. The van der Waals surface area contributed by atoms with Gasteiger partial charge in [0.1, 0.15) is 5.78 Å². The number of hydrogen-bond acceptors (Lipinski definition) is 2. The van der Waals surface area contributed by atoms with Gasteiger partial charge in [-0.1, -0.05) is 38.3 Å². The molecule has 1 saturated heterocycles. The molecule has 4 saturated carbocycles. The highest BCUT2D eigenvalue weighted by Crippen LogP contribution is 2.65. The fourth-order valence-corrected chi connectivity index (χ4v) is 10.0. The van der Waals surface area contributed by atoms with Crippen molar-refractivity contribution in [2.24, 2.45) is 46.8 Å². The molecular formula is C29H44O2. The van der Waals surface area contributed by atoms with E-state index in [1.807, 2.05) is 5.57 Å². The Bertz CT molecular complexity index is 797. The number of fused-ring (bicyclic) bond motifs is 6. The quantitative estimate of drug-likeness (QED) is 0.387. The fraction of sp³-hybridized carbons (Fsp3) is 0.897. The molecule has 31 heavy (non-hydrogen) atoms. The van der Waals surface area contributed by atoms with Gasteiger partial charge in [0.05, 0.1) is 11.7 Å². The predicted molar refractivity (Wildman–Crippen MR) is 125 cm³/mol. The van der Waals surface area contributed by atoms with Crippen LogP contribution < -0.4 is 0 Å². The second kappa shape index (κ2) is 7.18. The summed E-state index contributed by atoms with van der Waals surface area (Å²) in [6.45, 7) is 10.00. The zero-order valence-corrected chi connectivity index (χ0v) is 20.4. The molecule has 10 atom stereocenters. The Morgan fingerprint density at radius 2 is 1.77 bits per heavy atom. The Hall–Kier alpha value is -0.630. The first-order valence-electron chi connectivity index (χ1n) is 13.7. The first kappa shape index (κ1) is 20.9. The molecule has 1 unspecified atom stereocenters. The summed E-state index contributed by atoms with van der Waals surface area (Å²) in [7, 11) is 0. The number of rotatable bonds is 0. The zero-order chi connectivity index (χ0) is 21.5. The molecule has 172 valence electrons. The van der Waals surface area contributed by atoms with Gasteiger partial charge in [-0.25, -0.2) is 0 Å². The van der Waals surface area contributed by atoms with Crippen LogP contribution in [0, 0.1) is 46.8 Å². The lowest BCUT2D eigenvalue weighted by atomic mass is 9.52. The maximum Gasteiger partial charge on any atom is 0.133 e. The highest BCUT2D eigenvalue weighted by Gasteiger charge is 2.59. The highest BCUT2D eigenvalue weighted by atomic mass is 16.5. The van der Waals surface area contributed by atoms with E-state index in [2.05, 4.69) is 27.7 Å². The predicted octanol–water partition coefficient (Wildman–Crippen LogP) is 7.12. The van der Waals surface area contributed by atoms with E-state index in [-0.39, 0.29) is 5.60 Å². The topological polar surface area (TPSA) is 26.3 Å². The van der Waals surface area contributed by atoms with E-state index in [4.69, 9.17) is 4.74 Å². The van der Waals surface area contributed by atoms with Gasteiger partial charge in [-0.2, -0.15) is 0 Å². The lowest BCUT2D eigenvalue weighted by Crippen LogP contribution is -2.46. The molecule has 6 rings (SSSR count). The van der Waals surface area contributed by atoms with Crippen molar-refractivity contribution in [1.29, 1.82) is 0 Å². The monoisotopic (exact) mass is 424 g/mol. The second-order valence-electron chi connectivity index (χ2n) is 13.2. The lowest BCUT2D eigenvalue weighted by molar-refractivity contribution is -0.129. The smallest absolute Gasteiger partial charge is 0.133 e. The molecule has 1 spiro atoms. The maximum absolute atomic E-state index is 12.2. The third-order valence-electron chi connectivity index (χ3n) is 11.9. The standard InChI is InChI=1S/C29H44O2/c1-17-5-7-22-19(3)29(31-27(22)13-17)12-10-23-24-8-6-20-14-21(30)9-11-28(20,4)26(24)15-25(23)18(2)16-29/h17,19-20,22-24,26-27H,5-16H2,1-4H3/t17-,19-,20-,22?,23+,24+,26+,27-,28+,29+/m1/s1. The molecule has 1 aliphatic heterocycles. The van der Waals surface area contributed by atoms with E-state index in [1.54, 1.807) is 5.57 Å². The maximum atomic E-state index is 12.2. The van der Waals surface area contributed by atoms with Crippen LogP contribution in [0.2, 0.25) is 0 Å². The fourth-order valence-electron chi connectivity index (χ4n) is 10.0. The minimum Gasteiger partial charge on any atom is -0.371 e. The van der Waals surface area contributed by atoms with E-state index >= 15 is 0 Å². The van der Waals surface area contributed by atoms with Gasteiger partial charge < -0.3 is 4.74 Å². The summed E-state index contributed by atoms with van der Waals surface area (Å²) < 4.78 is 7.07. The van der Waals surface area contributed by atoms with E-state index in [0.717, 1.165) is 48.9 Å². The molecule has 0 amide bonds. The van der Waals surface area contributed by atoms with Crippen LogP contribution in [0.15, 0.2) is 11.1 Å². The normalized spacial score (nSPS) is 54.3. The van der Waals surface area contributed by atoms with Crippen molar-refractivity contribution < 1.29 is 9.53 Å². The van der Waals surface area contributed by atoms with Gasteiger partial charge in [0, 0.05) is 12.8 Å². The van der Waals surface area contributed by atoms with Crippen LogP contribution in [0.3, 0.4) is 0 Å². The molecule has 2 heteroatoms. The molecule has 5 aliphatic carbocycles. The molecule has 0 aromatic heterocycles. The number of allylic oxidation sites excluding steroid dienone is 1.